The van der Waals surface area contributed by atoms with Gasteiger partial charge in [-0.25, -0.2) is 0 Å². The third-order valence-corrected chi connectivity index (χ3v) is 2.71. The molecule has 0 bridgehead atoms. The van der Waals surface area contributed by atoms with Crippen LogP contribution < -0.4 is 5.32 Å². The number of hydrogen-bond donors (Lipinski definition) is 2. The van der Waals surface area contributed by atoms with E-state index in [1.54, 1.807) is 12.1 Å². The molecule has 1 aliphatic heterocycles. The summed E-state index contributed by atoms with van der Waals surface area (Å²) in [5, 5.41) is 13.1. The first-order chi connectivity index (χ1) is 6.77. The smallest absolute Gasteiger partial charge is 0.134 e. The molecule has 76 valence electrons. The van der Waals surface area contributed by atoms with E-state index >= 15 is 0 Å². The molecule has 2 N–H and O–H groups in total. The SMILES string of the molecule is Oc1cccc(CNC2COC2)c1Cl. The molecule has 0 radical (unpaired) electrons. The fraction of sp³-hybridized carbons (Fsp3) is 0.400. The predicted octanol–water partition coefficient (Wildman–Crippen LogP) is 1.53. The Bertz CT molecular complexity index is 326. The van der Waals surface area contributed by atoms with Crippen LogP contribution in [0.5, 0.6) is 5.75 Å². The van der Waals surface area contributed by atoms with Gasteiger partial charge in [-0.15, -0.1) is 0 Å². The van der Waals surface area contributed by atoms with Gasteiger partial charge in [0, 0.05) is 6.54 Å². The lowest BCUT2D eigenvalue weighted by Crippen LogP contribution is -2.45. The lowest BCUT2D eigenvalue weighted by atomic mass is 10.2. The number of ether oxygens (including phenoxy) is 1. The number of halogens is 1. The van der Waals surface area contributed by atoms with Gasteiger partial charge in [-0.05, 0) is 11.6 Å². The first kappa shape index (κ1) is 9.77. The van der Waals surface area contributed by atoms with E-state index in [1.807, 2.05) is 6.07 Å². The lowest BCUT2D eigenvalue weighted by Gasteiger charge is -2.27. The van der Waals surface area contributed by atoms with Gasteiger partial charge >= 0.3 is 0 Å². The Morgan fingerprint density at radius 1 is 1.50 bits per heavy atom. The van der Waals surface area contributed by atoms with Gasteiger partial charge < -0.3 is 15.2 Å². The van der Waals surface area contributed by atoms with Gasteiger partial charge in [0.15, 0.2) is 0 Å². The molecule has 0 saturated carbocycles. The average Bonchev–Trinajstić information content (AvgIpc) is 2.09. The van der Waals surface area contributed by atoms with Crippen LogP contribution in [0.1, 0.15) is 5.56 Å². The Morgan fingerprint density at radius 3 is 2.93 bits per heavy atom. The molecule has 1 aliphatic rings. The summed E-state index contributed by atoms with van der Waals surface area (Å²) in [5.74, 6) is 0.135. The Morgan fingerprint density at radius 2 is 2.29 bits per heavy atom. The van der Waals surface area contributed by atoms with Crippen LogP contribution in [0.2, 0.25) is 5.02 Å². The van der Waals surface area contributed by atoms with Crippen molar-refractivity contribution >= 4 is 11.6 Å². The molecule has 1 aromatic carbocycles. The molecular weight excluding hydrogens is 202 g/mol. The highest BCUT2D eigenvalue weighted by Crippen LogP contribution is 2.26. The summed E-state index contributed by atoms with van der Waals surface area (Å²) in [6, 6.07) is 5.69. The van der Waals surface area contributed by atoms with Crippen molar-refractivity contribution < 1.29 is 9.84 Å². The molecule has 14 heavy (non-hydrogen) atoms. The zero-order valence-electron chi connectivity index (χ0n) is 7.66. The minimum absolute atomic E-state index is 0.135. The second kappa shape index (κ2) is 4.17. The van der Waals surface area contributed by atoms with Crippen LogP contribution in [0.15, 0.2) is 18.2 Å². The van der Waals surface area contributed by atoms with E-state index in [-0.39, 0.29) is 5.75 Å². The predicted molar refractivity (Wildman–Crippen MR) is 54.6 cm³/mol. The van der Waals surface area contributed by atoms with Crippen molar-refractivity contribution in [1.29, 1.82) is 0 Å². The monoisotopic (exact) mass is 213 g/mol. The van der Waals surface area contributed by atoms with Gasteiger partial charge in [-0.1, -0.05) is 23.7 Å². The first-order valence-electron chi connectivity index (χ1n) is 4.55. The summed E-state index contributed by atoms with van der Waals surface area (Å²) in [5.41, 5.74) is 0.915. The van der Waals surface area contributed by atoms with Crippen LogP contribution >= 0.6 is 11.6 Å². The summed E-state index contributed by atoms with van der Waals surface area (Å²) >= 11 is 5.92. The van der Waals surface area contributed by atoms with E-state index in [4.69, 9.17) is 16.3 Å². The van der Waals surface area contributed by atoms with Crippen molar-refractivity contribution in [3.63, 3.8) is 0 Å². The molecule has 0 aromatic heterocycles. The fourth-order valence-electron chi connectivity index (χ4n) is 1.31. The first-order valence-corrected chi connectivity index (χ1v) is 4.92. The number of phenols is 1. The van der Waals surface area contributed by atoms with Crippen molar-refractivity contribution in [3.05, 3.63) is 28.8 Å². The maximum Gasteiger partial charge on any atom is 0.134 e. The minimum atomic E-state index is 0.135. The third-order valence-electron chi connectivity index (χ3n) is 2.28. The van der Waals surface area contributed by atoms with Crippen LogP contribution in [-0.4, -0.2) is 24.4 Å². The molecule has 3 nitrogen and oxygen atoms in total. The molecule has 1 aromatic rings. The van der Waals surface area contributed by atoms with Gasteiger partial charge in [0.1, 0.15) is 5.75 Å². The van der Waals surface area contributed by atoms with Crippen molar-refractivity contribution in [2.24, 2.45) is 0 Å². The van der Waals surface area contributed by atoms with Crippen LogP contribution in [0.3, 0.4) is 0 Å². The molecule has 4 heteroatoms. The Balaban J connectivity index is 1.97. The van der Waals surface area contributed by atoms with Crippen LogP contribution in [-0.2, 0) is 11.3 Å². The summed E-state index contributed by atoms with van der Waals surface area (Å²) in [4.78, 5) is 0. The van der Waals surface area contributed by atoms with Gasteiger partial charge in [0.25, 0.3) is 0 Å². The molecule has 0 unspecified atom stereocenters. The van der Waals surface area contributed by atoms with E-state index in [1.165, 1.54) is 0 Å². The van der Waals surface area contributed by atoms with Crippen LogP contribution in [0.25, 0.3) is 0 Å². The summed E-state index contributed by atoms with van der Waals surface area (Å²) in [6.07, 6.45) is 0. The number of nitrogens with one attached hydrogen (secondary N) is 1. The largest absolute Gasteiger partial charge is 0.506 e. The van der Waals surface area contributed by atoms with Gasteiger partial charge in [-0.2, -0.15) is 0 Å². The van der Waals surface area contributed by atoms with Crippen molar-refractivity contribution in [2.75, 3.05) is 13.2 Å². The quantitative estimate of drug-likeness (QED) is 0.800. The molecular formula is C10H12ClNO2. The second-order valence-corrected chi connectivity index (χ2v) is 3.74. The van der Waals surface area contributed by atoms with E-state index < -0.39 is 0 Å². The van der Waals surface area contributed by atoms with Crippen LogP contribution in [0.4, 0.5) is 0 Å². The summed E-state index contributed by atoms with van der Waals surface area (Å²) in [6.45, 7) is 2.19. The summed E-state index contributed by atoms with van der Waals surface area (Å²) in [7, 11) is 0. The van der Waals surface area contributed by atoms with Gasteiger partial charge in [-0.3, -0.25) is 0 Å². The van der Waals surface area contributed by atoms with Gasteiger partial charge in [0.05, 0.1) is 24.3 Å². The zero-order valence-corrected chi connectivity index (χ0v) is 8.42. The van der Waals surface area contributed by atoms with E-state index in [9.17, 15) is 5.11 Å². The molecule has 0 spiro atoms. The molecule has 0 amide bonds. The topological polar surface area (TPSA) is 41.5 Å². The molecule has 1 saturated heterocycles. The molecule has 0 aliphatic carbocycles. The Hall–Kier alpha value is -0.770. The fourth-order valence-corrected chi connectivity index (χ4v) is 1.50. The van der Waals surface area contributed by atoms with E-state index in [0.29, 0.717) is 17.6 Å². The molecule has 0 atom stereocenters. The van der Waals surface area contributed by atoms with Crippen molar-refractivity contribution in [3.8, 4) is 5.75 Å². The Kier molecular flexibility index (Phi) is 2.91. The third kappa shape index (κ3) is 2.00. The zero-order chi connectivity index (χ0) is 9.97. The number of rotatable bonds is 3. The van der Waals surface area contributed by atoms with Gasteiger partial charge in [0.2, 0.25) is 0 Å². The lowest BCUT2D eigenvalue weighted by molar-refractivity contribution is -0.00578. The normalized spacial score (nSPS) is 16.6. The van der Waals surface area contributed by atoms with Crippen molar-refractivity contribution in [1.82, 2.24) is 5.32 Å². The Labute approximate surface area is 87.6 Å². The van der Waals surface area contributed by atoms with E-state index in [0.717, 1.165) is 18.8 Å². The summed E-state index contributed by atoms with van der Waals surface area (Å²) < 4.78 is 5.03. The molecule has 1 fully saturated rings. The molecule has 1 heterocycles. The number of phenolic OH excluding ortho intramolecular Hbond substituents is 1. The molecule has 2 rings (SSSR count). The second-order valence-electron chi connectivity index (χ2n) is 3.37. The average molecular weight is 214 g/mol. The highest BCUT2D eigenvalue weighted by Gasteiger charge is 2.17. The maximum atomic E-state index is 9.35. The standard InChI is InChI=1S/C10H12ClNO2/c11-10-7(2-1-3-9(10)13)4-12-8-5-14-6-8/h1-3,8,12-13H,4-6H2. The van der Waals surface area contributed by atoms with E-state index in [2.05, 4.69) is 5.32 Å². The maximum absolute atomic E-state index is 9.35. The van der Waals surface area contributed by atoms with Crippen LogP contribution in [0, 0.1) is 0 Å². The number of aromatic hydroxyl groups is 1. The minimum Gasteiger partial charge on any atom is -0.506 e. The number of benzene rings is 1. The number of hydrogen-bond acceptors (Lipinski definition) is 3. The highest BCUT2D eigenvalue weighted by molar-refractivity contribution is 6.32. The highest BCUT2D eigenvalue weighted by atomic mass is 35.5. The van der Waals surface area contributed by atoms with Crippen molar-refractivity contribution in [2.45, 2.75) is 12.6 Å².